The van der Waals surface area contributed by atoms with E-state index < -0.39 is 11.4 Å². The minimum absolute atomic E-state index is 0.0321. The van der Waals surface area contributed by atoms with Crippen LogP contribution in [-0.2, 0) is 9.59 Å². The van der Waals surface area contributed by atoms with Crippen molar-refractivity contribution in [3.05, 3.63) is 0 Å². The number of hydrogen-bond acceptors (Lipinski definition) is 3. The van der Waals surface area contributed by atoms with Gasteiger partial charge in [-0.2, -0.15) is 0 Å². The number of aliphatic carboxylic acids is 1. The second kappa shape index (κ2) is 5.90. The largest absolute Gasteiger partial charge is 0.481 e. The van der Waals surface area contributed by atoms with Crippen molar-refractivity contribution in [2.24, 2.45) is 5.41 Å². The molecule has 1 heterocycles. The third-order valence-electron chi connectivity index (χ3n) is 3.47. The maximum atomic E-state index is 12.1. The number of nitrogens with one attached hydrogen (secondary N) is 1. The molecule has 19 heavy (non-hydrogen) atoms. The summed E-state index contributed by atoms with van der Waals surface area (Å²) in [6, 6.07) is -0.309. The van der Waals surface area contributed by atoms with Crippen molar-refractivity contribution >= 4 is 17.9 Å². The fourth-order valence-electron chi connectivity index (χ4n) is 2.18. The molecule has 0 bridgehead atoms. The number of amides is 3. The highest BCUT2D eigenvalue weighted by molar-refractivity contribution is 5.84. The fraction of sp³-hybridized carbons (Fsp3) is 0.750. The van der Waals surface area contributed by atoms with Crippen LogP contribution in [-0.4, -0.2) is 66.5 Å². The summed E-state index contributed by atoms with van der Waals surface area (Å²) < 4.78 is 0. The second-order valence-corrected chi connectivity index (χ2v) is 5.20. The van der Waals surface area contributed by atoms with Crippen LogP contribution in [0, 0.1) is 5.41 Å². The number of hydrogen-bond donors (Lipinski definition) is 2. The van der Waals surface area contributed by atoms with Gasteiger partial charge in [0.15, 0.2) is 0 Å². The van der Waals surface area contributed by atoms with Gasteiger partial charge in [0.2, 0.25) is 5.91 Å². The van der Waals surface area contributed by atoms with E-state index in [4.69, 9.17) is 0 Å². The van der Waals surface area contributed by atoms with Crippen LogP contribution in [0.1, 0.15) is 19.8 Å². The summed E-state index contributed by atoms with van der Waals surface area (Å²) in [4.78, 5) is 37.4. The molecule has 0 aromatic heterocycles. The number of carboxylic acid groups (broad SMARTS) is 1. The first kappa shape index (κ1) is 15.3. The summed E-state index contributed by atoms with van der Waals surface area (Å²) in [6.45, 7) is 2.32. The Bertz CT molecular complexity index is 385. The molecule has 1 atom stereocenters. The van der Waals surface area contributed by atoms with Gasteiger partial charge in [-0.05, 0) is 19.8 Å². The van der Waals surface area contributed by atoms with Gasteiger partial charge in [-0.1, -0.05) is 0 Å². The number of urea groups is 1. The van der Waals surface area contributed by atoms with Gasteiger partial charge in [0.1, 0.15) is 6.54 Å². The van der Waals surface area contributed by atoms with Gasteiger partial charge in [0.25, 0.3) is 0 Å². The SMILES string of the molecule is CNC(=O)CN(C)C(=O)N1CCCC(C)(C(=O)O)C1. The third kappa shape index (κ3) is 3.59. The molecule has 0 aromatic carbocycles. The van der Waals surface area contributed by atoms with Crippen molar-refractivity contribution in [3.63, 3.8) is 0 Å². The number of rotatable bonds is 3. The summed E-state index contributed by atoms with van der Waals surface area (Å²) in [5.41, 5.74) is -0.901. The van der Waals surface area contributed by atoms with Gasteiger partial charge < -0.3 is 20.2 Å². The van der Waals surface area contributed by atoms with Gasteiger partial charge in [-0.3, -0.25) is 9.59 Å². The molecular weight excluding hydrogens is 250 g/mol. The molecule has 3 amide bonds. The van der Waals surface area contributed by atoms with Crippen LogP contribution >= 0.6 is 0 Å². The van der Waals surface area contributed by atoms with Gasteiger partial charge in [-0.15, -0.1) is 0 Å². The zero-order valence-electron chi connectivity index (χ0n) is 11.6. The van der Waals surface area contributed by atoms with E-state index in [1.54, 1.807) is 6.92 Å². The number of carbonyl (C=O) groups excluding carboxylic acids is 2. The Kier molecular flexibility index (Phi) is 4.74. The molecule has 0 aromatic rings. The maximum Gasteiger partial charge on any atom is 0.320 e. The van der Waals surface area contributed by atoms with Gasteiger partial charge >= 0.3 is 12.0 Å². The van der Waals surface area contributed by atoms with E-state index in [0.29, 0.717) is 19.4 Å². The second-order valence-electron chi connectivity index (χ2n) is 5.20. The Labute approximate surface area is 112 Å². The molecule has 1 aliphatic heterocycles. The van der Waals surface area contributed by atoms with Crippen LogP contribution in [0.15, 0.2) is 0 Å². The van der Waals surface area contributed by atoms with E-state index in [0.717, 1.165) is 0 Å². The van der Waals surface area contributed by atoms with E-state index in [1.807, 2.05) is 0 Å². The van der Waals surface area contributed by atoms with E-state index >= 15 is 0 Å². The Balaban J connectivity index is 2.67. The maximum absolute atomic E-state index is 12.1. The van der Waals surface area contributed by atoms with Gasteiger partial charge in [0, 0.05) is 27.2 Å². The lowest BCUT2D eigenvalue weighted by Gasteiger charge is -2.39. The molecule has 1 unspecified atom stereocenters. The molecule has 7 heteroatoms. The smallest absolute Gasteiger partial charge is 0.320 e. The highest BCUT2D eigenvalue weighted by Gasteiger charge is 2.40. The average molecular weight is 271 g/mol. The molecule has 0 spiro atoms. The Morgan fingerprint density at radius 3 is 2.58 bits per heavy atom. The molecule has 1 rings (SSSR count). The van der Waals surface area contributed by atoms with E-state index in [-0.39, 0.29) is 25.0 Å². The molecule has 0 radical (unpaired) electrons. The lowest BCUT2D eigenvalue weighted by Crippen LogP contribution is -2.52. The molecule has 1 saturated heterocycles. The van der Waals surface area contributed by atoms with Crippen molar-refractivity contribution < 1.29 is 19.5 Å². The van der Waals surface area contributed by atoms with Crippen molar-refractivity contribution in [1.29, 1.82) is 0 Å². The minimum atomic E-state index is -0.901. The van der Waals surface area contributed by atoms with Crippen molar-refractivity contribution in [1.82, 2.24) is 15.1 Å². The molecule has 108 valence electrons. The highest BCUT2D eigenvalue weighted by atomic mass is 16.4. The molecule has 1 fully saturated rings. The molecular formula is C12H21N3O4. The number of piperidine rings is 1. The summed E-state index contributed by atoms with van der Waals surface area (Å²) in [5, 5.41) is 11.6. The van der Waals surface area contributed by atoms with Crippen LogP contribution in [0.2, 0.25) is 0 Å². The summed E-state index contributed by atoms with van der Waals surface area (Å²) in [5.74, 6) is -1.15. The summed E-state index contributed by atoms with van der Waals surface area (Å²) in [7, 11) is 3.04. The van der Waals surface area contributed by atoms with Crippen LogP contribution in [0.3, 0.4) is 0 Å². The zero-order valence-corrected chi connectivity index (χ0v) is 11.6. The Morgan fingerprint density at radius 2 is 2.05 bits per heavy atom. The fourth-order valence-corrected chi connectivity index (χ4v) is 2.18. The molecule has 1 aliphatic rings. The van der Waals surface area contributed by atoms with Crippen molar-refractivity contribution in [2.45, 2.75) is 19.8 Å². The number of carbonyl (C=O) groups is 3. The van der Waals surface area contributed by atoms with E-state index in [2.05, 4.69) is 5.32 Å². The molecule has 2 N–H and O–H groups in total. The zero-order chi connectivity index (χ0) is 14.6. The molecule has 0 aliphatic carbocycles. The first-order chi connectivity index (χ1) is 8.80. The van der Waals surface area contributed by atoms with E-state index in [1.165, 1.54) is 23.9 Å². The van der Waals surface area contributed by atoms with Crippen LogP contribution < -0.4 is 5.32 Å². The van der Waals surface area contributed by atoms with Gasteiger partial charge in [-0.25, -0.2) is 4.79 Å². The summed E-state index contributed by atoms with van der Waals surface area (Å²) in [6.07, 6.45) is 1.22. The summed E-state index contributed by atoms with van der Waals surface area (Å²) >= 11 is 0. The van der Waals surface area contributed by atoms with E-state index in [9.17, 15) is 19.5 Å². The minimum Gasteiger partial charge on any atom is -0.481 e. The number of likely N-dealkylation sites (tertiary alicyclic amines) is 1. The van der Waals surface area contributed by atoms with Crippen molar-refractivity contribution in [2.75, 3.05) is 33.7 Å². The number of likely N-dealkylation sites (N-methyl/N-ethyl adjacent to an activating group) is 2. The first-order valence-corrected chi connectivity index (χ1v) is 6.24. The standard InChI is InChI=1S/C12H21N3O4/c1-12(10(17)18)5-4-6-15(8-12)11(19)14(3)7-9(16)13-2/h4-8H2,1-3H3,(H,13,16)(H,17,18). The quantitative estimate of drug-likeness (QED) is 0.754. The van der Waals surface area contributed by atoms with Crippen molar-refractivity contribution in [3.8, 4) is 0 Å². The van der Waals surface area contributed by atoms with Crippen LogP contribution in [0.4, 0.5) is 4.79 Å². The number of nitrogens with zero attached hydrogens (tertiary/aromatic N) is 2. The van der Waals surface area contributed by atoms with Crippen LogP contribution in [0.5, 0.6) is 0 Å². The lowest BCUT2D eigenvalue weighted by atomic mass is 9.82. The van der Waals surface area contributed by atoms with Gasteiger partial charge in [0.05, 0.1) is 5.41 Å². The third-order valence-corrected chi connectivity index (χ3v) is 3.47. The topological polar surface area (TPSA) is 90.0 Å². The Hall–Kier alpha value is -1.79. The predicted molar refractivity (Wildman–Crippen MR) is 68.6 cm³/mol. The lowest BCUT2D eigenvalue weighted by molar-refractivity contribution is -0.150. The molecule has 0 saturated carbocycles. The molecule has 7 nitrogen and oxygen atoms in total. The number of carboxylic acids is 1. The average Bonchev–Trinajstić information content (AvgIpc) is 2.37. The van der Waals surface area contributed by atoms with Crippen LogP contribution in [0.25, 0.3) is 0 Å². The predicted octanol–water partition coefficient (Wildman–Crippen LogP) is -0.0291. The highest BCUT2D eigenvalue weighted by Crippen LogP contribution is 2.30. The normalized spacial score (nSPS) is 22.8. The first-order valence-electron chi connectivity index (χ1n) is 6.24. The monoisotopic (exact) mass is 271 g/mol. The Morgan fingerprint density at radius 1 is 1.42 bits per heavy atom.